The van der Waals surface area contributed by atoms with Crippen molar-refractivity contribution in [1.82, 2.24) is 0 Å². The molecular weight excluding hydrogens is 296 g/mol. The Labute approximate surface area is 110 Å². The number of rotatable bonds is 3. The van der Waals surface area contributed by atoms with Crippen molar-refractivity contribution in [2.45, 2.75) is 26.0 Å². The molecular formula is C11H16BrClFNO. The van der Waals surface area contributed by atoms with Gasteiger partial charge in [0.25, 0.3) is 0 Å². The first-order valence-corrected chi connectivity index (χ1v) is 5.61. The van der Waals surface area contributed by atoms with Crippen molar-refractivity contribution in [1.29, 1.82) is 0 Å². The molecule has 0 aliphatic carbocycles. The predicted octanol–water partition coefficient (Wildman–Crippen LogP) is 3.03. The van der Waals surface area contributed by atoms with Crippen LogP contribution in [0.5, 0.6) is 0 Å². The molecule has 5 heteroatoms. The highest BCUT2D eigenvalue weighted by Gasteiger charge is 2.20. The molecule has 3 N–H and O–H groups in total. The van der Waals surface area contributed by atoms with Crippen LogP contribution in [0.3, 0.4) is 0 Å². The zero-order valence-corrected chi connectivity index (χ0v) is 11.6. The molecule has 0 saturated heterocycles. The molecule has 1 rings (SSSR count). The number of hydrogen-bond donors (Lipinski definition) is 2. The number of aliphatic hydroxyl groups is 1. The summed E-state index contributed by atoms with van der Waals surface area (Å²) >= 11 is 3.07. The first-order chi connectivity index (χ1) is 6.93. The Hall–Kier alpha value is -0.160. The van der Waals surface area contributed by atoms with E-state index in [2.05, 4.69) is 15.9 Å². The number of benzene rings is 1. The average Bonchev–Trinajstić information content (AvgIpc) is 2.19. The van der Waals surface area contributed by atoms with Crippen molar-refractivity contribution in [2.24, 2.45) is 11.7 Å². The van der Waals surface area contributed by atoms with E-state index >= 15 is 0 Å². The van der Waals surface area contributed by atoms with Crippen molar-refractivity contribution < 1.29 is 9.50 Å². The fourth-order valence-corrected chi connectivity index (χ4v) is 1.58. The van der Waals surface area contributed by atoms with E-state index in [0.29, 0.717) is 10.0 Å². The molecule has 2 nitrogen and oxygen atoms in total. The number of aliphatic hydroxyl groups excluding tert-OH is 1. The fourth-order valence-electron chi connectivity index (χ4n) is 1.33. The van der Waals surface area contributed by atoms with Gasteiger partial charge in [-0.1, -0.05) is 19.9 Å². The van der Waals surface area contributed by atoms with Gasteiger partial charge in [-0.2, -0.15) is 0 Å². The molecule has 0 spiro atoms. The zero-order valence-electron chi connectivity index (χ0n) is 9.15. The van der Waals surface area contributed by atoms with Crippen molar-refractivity contribution in [3.63, 3.8) is 0 Å². The third kappa shape index (κ3) is 3.70. The molecule has 0 unspecified atom stereocenters. The second-order valence-electron chi connectivity index (χ2n) is 3.93. The smallest absolute Gasteiger partial charge is 0.137 e. The summed E-state index contributed by atoms with van der Waals surface area (Å²) in [5.41, 5.74) is 6.43. The molecule has 2 atom stereocenters. The summed E-state index contributed by atoms with van der Waals surface area (Å²) in [6, 6.07) is 4.11. The van der Waals surface area contributed by atoms with Gasteiger partial charge in [0, 0.05) is 0 Å². The molecule has 0 bridgehead atoms. The van der Waals surface area contributed by atoms with Crippen molar-refractivity contribution >= 4 is 28.3 Å². The first kappa shape index (κ1) is 15.8. The van der Waals surface area contributed by atoms with Crippen LogP contribution in [0.25, 0.3) is 0 Å². The van der Waals surface area contributed by atoms with Crippen LogP contribution in [0.4, 0.5) is 4.39 Å². The summed E-state index contributed by atoms with van der Waals surface area (Å²) in [5, 5.41) is 9.75. The van der Waals surface area contributed by atoms with Crippen molar-refractivity contribution in [2.75, 3.05) is 0 Å². The molecule has 0 aliphatic rings. The molecule has 0 aromatic heterocycles. The summed E-state index contributed by atoms with van der Waals surface area (Å²) in [5.74, 6) is -0.314. The van der Waals surface area contributed by atoms with Gasteiger partial charge in [-0.15, -0.1) is 12.4 Å². The van der Waals surface area contributed by atoms with Gasteiger partial charge in [0.15, 0.2) is 0 Å². The molecule has 0 fully saturated rings. The quantitative estimate of drug-likeness (QED) is 0.901. The molecule has 92 valence electrons. The summed E-state index contributed by atoms with van der Waals surface area (Å²) in [6.07, 6.45) is -0.662. The van der Waals surface area contributed by atoms with Crippen LogP contribution in [0, 0.1) is 11.7 Å². The van der Waals surface area contributed by atoms with Crippen LogP contribution in [0.15, 0.2) is 22.7 Å². The molecule has 1 aromatic rings. The summed E-state index contributed by atoms with van der Waals surface area (Å²) in [4.78, 5) is 0. The molecule has 0 radical (unpaired) electrons. The highest BCUT2D eigenvalue weighted by Crippen LogP contribution is 2.23. The average molecular weight is 313 g/mol. The topological polar surface area (TPSA) is 46.2 Å². The van der Waals surface area contributed by atoms with Crippen LogP contribution >= 0.6 is 28.3 Å². The van der Waals surface area contributed by atoms with Gasteiger partial charge in [0.05, 0.1) is 16.6 Å². The van der Waals surface area contributed by atoms with Gasteiger partial charge in [-0.3, -0.25) is 0 Å². The Bertz CT molecular complexity index is 349. The lowest BCUT2D eigenvalue weighted by Crippen LogP contribution is -2.30. The Morgan fingerprint density at radius 1 is 1.38 bits per heavy atom. The largest absolute Gasteiger partial charge is 0.391 e. The van der Waals surface area contributed by atoms with E-state index in [4.69, 9.17) is 5.73 Å². The molecule has 0 aliphatic heterocycles. The van der Waals surface area contributed by atoms with Crippen LogP contribution in [0.1, 0.15) is 25.5 Å². The van der Waals surface area contributed by atoms with E-state index < -0.39 is 12.1 Å². The highest BCUT2D eigenvalue weighted by atomic mass is 79.9. The highest BCUT2D eigenvalue weighted by molar-refractivity contribution is 9.10. The molecule has 1 aromatic carbocycles. The monoisotopic (exact) mass is 311 g/mol. The third-order valence-electron chi connectivity index (χ3n) is 2.38. The Balaban J connectivity index is 0.00000225. The van der Waals surface area contributed by atoms with E-state index in [9.17, 15) is 9.50 Å². The molecule has 16 heavy (non-hydrogen) atoms. The number of hydrogen-bond acceptors (Lipinski definition) is 2. The normalized spacial score (nSPS) is 14.4. The maximum absolute atomic E-state index is 13.2. The van der Waals surface area contributed by atoms with Gasteiger partial charge in [0.2, 0.25) is 0 Å². The van der Waals surface area contributed by atoms with Crippen LogP contribution in [0.2, 0.25) is 0 Å². The Morgan fingerprint density at radius 2 is 1.94 bits per heavy atom. The van der Waals surface area contributed by atoms with Gasteiger partial charge in [0.1, 0.15) is 5.82 Å². The summed E-state index contributed by atoms with van der Waals surface area (Å²) in [6.45, 7) is 3.75. The minimum atomic E-state index is -0.662. The second-order valence-corrected chi connectivity index (χ2v) is 4.79. The van der Waals surface area contributed by atoms with Crippen LogP contribution in [-0.2, 0) is 0 Å². The first-order valence-electron chi connectivity index (χ1n) is 4.82. The van der Waals surface area contributed by atoms with Crippen molar-refractivity contribution in [3.05, 3.63) is 34.1 Å². The standard InChI is InChI=1S/C11H15BrFNO.ClH/c1-6(2)11(15)10(14)7-3-4-8(12)9(13)5-7;/h3-6,10-11,15H,14H2,1-2H3;1H/t10-,11+;/m1./s1. The summed E-state index contributed by atoms with van der Waals surface area (Å²) < 4.78 is 13.6. The third-order valence-corrected chi connectivity index (χ3v) is 3.02. The molecule has 0 saturated carbocycles. The van der Waals surface area contributed by atoms with Gasteiger partial charge in [-0.05, 0) is 39.5 Å². The second kappa shape index (κ2) is 6.55. The summed E-state index contributed by atoms with van der Waals surface area (Å²) in [7, 11) is 0. The van der Waals surface area contributed by atoms with Gasteiger partial charge in [-0.25, -0.2) is 4.39 Å². The maximum atomic E-state index is 13.2. The zero-order chi connectivity index (χ0) is 11.6. The van der Waals surface area contributed by atoms with Gasteiger partial charge < -0.3 is 10.8 Å². The maximum Gasteiger partial charge on any atom is 0.137 e. The Kier molecular flexibility index (Phi) is 6.48. The lowest BCUT2D eigenvalue weighted by molar-refractivity contribution is 0.0978. The molecule has 0 amide bonds. The number of halogens is 3. The minimum absolute atomic E-state index is 0. The lowest BCUT2D eigenvalue weighted by atomic mass is 9.94. The SMILES string of the molecule is CC(C)[C@H](O)[C@H](N)c1ccc(Br)c(F)c1.Cl. The fraction of sp³-hybridized carbons (Fsp3) is 0.455. The van der Waals surface area contributed by atoms with E-state index in [1.54, 1.807) is 12.1 Å². The van der Waals surface area contributed by atoms with Crippen LogP contribution < -0.4 is 5.73 Å². The van der Waals surface area contributed by atoms with Gasteiger partial charge >= 0.3 is 0 Å². The molecule has 0 heterocycles. The van der Waals surface area contributed by atoms with E-state index in [1.807, 2.05) is 13.8 Å². The van der Waals surface area contributed by atoms with E-state index in [0.717, 1.165) is 0 Å². The number of nitrogens with two attached hydrogens (primary N) is 1. The Morgan fingerprint density at radius 3 is 2.38 bits per heavy atom. The lowest BCUT2D eigenvalue weighted by Gasteiger charge is -2.22. The predicted molar refractivity (Wildman–Crippen MR) is 69.1 cm³/mol. The van der Waals surface area contributed by atoms with E-state index in [1.165, 1.54) is 6.07 Å². The van der Waals surface area contributed by atoms with Crippen LogP contribution in [-0.4, -0.2) is 11.2 Å². The minimum Gasteiger partial charge on any atom is -0.391 e. The van der Waals surface area contributed by atoms with E-state index in [-0.39, 0.29) is 24.1 Å². The van der Waals surface area contributed by atoms with Crippen molar-refractivity contribution in [3.8, 4) is 0 Å².